The quantitative estimate of drug-likeness (QED) is 0.774. The molecule has 0 fully saturated rings. The van der Waals surface area contributed by atoms with Gasteiger partial charge in [-0.3, -0.25) is 0 Å². The second kappa shape index (κ2) is 5.51. The molecule has 0 nitrogen and oxygen atoms in total. The van der Waals surface area contributed by atoms with Gasteiger partial charge in [-0.2, -0.15) is 12.6 Å². The standard InChI is InChI=1S/C11H13BrS/c1-9-10(5-2-3-8-13)6-4-7-11(9)12/h2,4-7,13H,3,8H2,1H3. The second-order valence-corrected chi connectivity index (χ2v) is 4.17. The molecule has 0 aliphatic carbocycles. The number of thiol groups is 1. The fraction of sp³-hybridized carbons (Fsp3) is 0.273. The Morgan fingerprint density at radius 1 is 1.46 bits per heavy atom. The minimum absolute atomic E-state index is 0.906. The third-order valence-corrected chi connectivity index (χ3v) is 3.02. The van der Waals surface area contributed by atoms with E-state index in [1.54, 1.807) is 0 Å². The van der Waals surface area contributed by atoms with Crippen LogP contribution in [0.4, 0.5) is 0 Å². The maximum absolute atomic E-state index is 4.15. The molecule has 70 valence electrons. The minimum Gasteiger partial charge on any atom is -0.179 e. The van der Waals surface area contributed by atoms with Crippen LogP contribution < -0.4 is 0 Å². The molecule has 2 heteroatoms. The van der Waals surface area contributed by atoms with Crippen LogP contribution in [0.3, 0.4) is 0 Å². The Bertz CT molecular complexity index is 305. The van der Waals surface area contributed by atoms with Crippen molar-refractivity contribution < 1.29 is 0 Å². The average Bonchev–Trinajstić information content (AvgIpc) is 2.13. The predicted octanol–water partition coefficient (Wildman–Crippen LogP) is 4.09. The van der Waals surface area contributed by atoms with E-state index in [2.05, 4.69) is 65.8 Å². The molecule has 0 N–H and O–H groups in total. The fourth-order valence-corrected chi connectivity index (χ4v) is 1.62. The molecule has 0 aliphatic heterocycles. The van der Waals surface area contributed by atoms with E-state index in [0.29, 0.717) is 0 Å². The summed E-state index contributed by atoms with van der Waals surface area (Å²) in [6.45, 7) is 2.12. The van der Waals surface area contributed by atoms with Gasteiger partial charge in [-0.25, -0.2) is 0 Å². The summed E-state index contributed by atoms with van der Waals surface area (Å²) in [6, 6.07) is 6.23. The lowest BCUT2D eigenvalue weighted by Crippen LogP contribution is -1.81. The normalized spacial score (nSPS) is 11.0. The summed E-state index contributed by atoms with van der Waals surface area (Å²) in [5, 5.41) is 0. The maximum atomic E-state index is 4.15. The van der Waals surface area contributed by atoms with Gasteiger partial charge in [0.05, 0.1) is 0 Å². The summed E-state index contributed by atoms with van der Waals surface area (Å²) in [5.74, 6) is 0.906. The molecule has 0 amide bonds. The molecular formula is C11H13BrS. The number of hydrogen-bond acceptors (Lipinski definition) is 1. The van der Waals surface area contributed by atoms with Crippen LogP contribution in [0.1, 0.15) is 17.5 Å². The van der Waals surface area contributed by atoms with E-state index in [-0.39, 0.29) is 0 Å². The number of halogens is 1. The van der Waals surface area contributed by atoms with Gasteiger partial charge in [0.15, 0.2) is 0 Å². The fourth-order valence-electron chi connectivity index (χ4n) is 1.09. The third-order valence-electron chi connectivity index (χ3n) is 1.90. The predicted molar refractivity (Wildman–Crippen MR) is 66.4 cm³/mol. The lowest BCUT2D eigenvalue weighted by molar-refractivity contribution is 1.26. The van der Waals surface area contributed by atoms with E-state index in [1.807, 2.05) is 0 Å². The van der Waals surface area contributed by atoms with Crippen molar-refractivity contribution in [3.05, 3.63) is 39.9 Å². The van der Waals surface area contributed by atoms with Crippen molar-refractivity contribution in [2.75, 3.05) is 5.75 Å². The van der Waals surface area contributed by atoms with Crippen molar-refractivity contribution in [2.45, 2.75) is 13.3 Å². The second-order valence-electron chi connectivity index (χ2n) is 2.87. The zero-order valence-electron chi connectivity index (χ0n) is 7.63. The first-order chi connectivity index (χ1) is 6.25. The molecule has 0 aliphatic rings. The monoisotopic (exact) mass is 256 g/mol. The van der Waals surface area contributed by atoms with Crippen LogP contribution in [0.25, 0.3) is 6.08 Å². The Labute approximate surface area is 93.6 Å². The Balaban J connectivity index is 2.83. The van der Waals surface area contributed by atoms with Gasteiger partial charge in [-0.15, -0.1) is 0 Å². The number of hydrogen-bond donors (Lipinski definition) is 1. The van der Waals surface area contributed by atoms with E-state index in [0.717, 1.165) is 12.2 Å². The summed E-state index contributed by atoms with van der Waals surface area (Å²) < 4.78 is 1.17. The van der Waals surface area contributed by atoms with Gasteiger partial charge in [-0.05, 0) is 36.3 Å². The molecule has 0 saturated heterocycles. The molecule has 13 heavy (non-hydrogen) atoms. The lowest BCUT2D eigenvalue weighted by Gasteiger charge is -2.01. The maximum Gasteiger partial charge on any atom is 0.0210 e. The van der Waals surface area contributed by atoms with Crippen molar-refractivity contribution in [1.82, 2.24) is 0 Å². The first-order valence-corrected chi connectivity index (χ1v) is 5.70. The van der Waals surface area contributed by atoms with Gasteiger partial charge >= 0.3 is 0 Å². The molecule has 0 bridgehead atoms. The van der Waals surface area contributed by atoms with Crippen LogP contribution in [-0.2, 0) is 0 Å². The highest BCUT2D eigenvalue weighted by molar-refractivity contribution is 9.10. The highest BCUT2D eigenvalue weighted by Gasteiger charge is 1.96. The van der Waals surface area contributed by atoms with Crippen LogP contribution >= 0.6 is 28.6 Å². The molecule has 0 spiro atoms. The highest BCUT2D eigenvalue weighted by atomic mass is 79.9. The van der Waals surface area contributed by atoms with Crippen molar-refractivity contribution in [3.8, 4) is 0 Å². The highest BCUT2D eigenvalue weighted by Crippen LogP contribution is 2.20. The third kappa shape index (κ3) is 3.20. The average molecular weight is 257 g/mol. The van der Waals surface area contributed by atoms with Crippen molar-refractivity contribution in [2.24, 2.45) is 0 Å². The smallest absolute Gasteiger partial charge is 0.0210 e. The zero-order valence-corrected chi connectivity index (χ0v) is 10.1. The molecule has 1 aromatic carbocycles. The van der Waals surface area contributed by atoms with Crippen LogP contribution in [-0.4, -0.2) is 5.75 Å². The summed E-state index contributed by atoms with van der Waals surface area (Å²) in [5.41, 5.74) is 2.56. The first-order valence-electron chi connectivity index (χ1n) is 4.28. The zero-order chi connectivity index (χ0) is 9.68. The van der Waals surface area contributed by atoms with Crippen molar-refractivity contribution in [3.63, 3.8) is 0 Å². The van der Waals surface area contributed by atoms with Gasteiger partial charge < -0.3 is 0 Å². The number of rotatable bonds is 3. The molecule has 0 radical (unpaired) electrons. The molecule has 1 aromatic rings. The minimum atomic E-state index is 0.906. The van der Waals surface area contributed by atoms with Gasteiger partial charge in [0, 0.05) is 4.47 Å². The lowest BCUT2D eigenvalue weighted by atomic mass is 10.1. The molecule has 0 saturated carbocycles. The molecule has 1 rings (SSSR count). The van der Waals surface area contributed by atoms with Gasteiger partial charge in [0.25, 0.3) is 0 Å². The van der Waals surface area contributed by atoms with E-state index < -0.39 is 0 Å². The van der Waals surface area contributed by atoms with Crippen molar-refractivity contribution >= 4 is 34.6 Å². The Hall–Kier alpha value is -0.210. The summed E-state index contributed by atoms with van der Waals surface area (Å²) in [6.07, 6.45) is 5.33. The largest absolute Gasteiger partial charge is 0.179 e. The van der Waals surface area contributed by atoms with E-state index in [1.165, 1.54) is 15.6 Å². The van der Waals surface area contributed by atoms with Crippen molar-refractivity contribution in [1.29, 1.82) is 0 Å². The van der Waals surface area contributed by atoms with Crippen LogP contribution in [0, 0.1) is 6.92 Å². The number of benzene rings is 1. The Kier molecular flexibility index (Phi) is 4.60. The van der Waals surface area contributed by atoms with Crippen LogP contribution in [0.2, 0.25) is 0 Å². The molecule has 0 heterocycles. The Morgan fingerprint density at radius 2 is 2.23 bits per heavy atom. The van der Waals surface area contributed by atoms with Crippen LogP contribution in [0.5, 0.6) is 0 Å². The van der Waals surface area contributed by atoms with Crippen LogP contribution in [0.15, 0.2) is 28.7 Å². The van der Waals surface area contributed by atoms with E-state index >= 15 is 0 Å². The number of allylic oxidation sites excluding steroid dienone is 1. The Morgan fingerprint density at radius 3 is 2.92 bits per heavy atom. The summed E-state index contributed by atoms with van der Waals surface area (Å²) >= 11 is 7.66. The van der Waals surface area contributed by atoms with Gasteiger partial charge in [0.1, 0.15) is 0 Å². The molecule has 0 atom stereocenters. The molecule has 0 aromatic heterocycles. The molecular weight excluding hydrogens is 244 g/mol. The van der Waals surface area contributed by atoms with E-state index in [9.17, 15) is 0 Å². The summed E-state index contributed by atoms with van der Waals surface area (Å²) in [4.78, 5) is 0. The van der Waals surface area contributed by atoms with Gasteiger partial charge in [-0.1, -0.05) is 40.2 Å². The van der Waals surface area contributed by atoms with E-state index in [4.69, 9.17) is 0 Å². The topological polar surface area (TPSA) is 0 Å². The molecule has 0 unspecified atom stereocenters. The SMILES string of the molecule is Cc1c(Br)cccc1C=CCCS. The van der Waals surface area contributed by atoms with Gasteiger partial charge in [0.2, 0.25) is 0 Å². The first kappa shape index (κ1) is 10.9. The summed E-state index contributed by atoms with van der Waals surface area (Å²) in [7, 11) is 0.